The van der Waals surface area contributed by atoms with Crippen molar-refractivity contribution in [1.82, 2.24) is 24.4 Å². The van der Waals surface area contributed by atoms with Gasteiger partial charge in [0.25, 0.3) is 11.1 Å². The normalized spacial score (nSPS) is 12.5. The first-order valence-corrected chi connectivity index (χ1v) is 9.67. The van der Waals surface area contributed by atoms with Crippen LogP contribution in [0.1, 0.15) is 24.2 Å². The molecule has 5 rings (SSSR count). The monoisotopic (exact) mass is 397 g/mol. The minimum absolute atomic E-state index is 0.213. The van der Waals surface area contributed by atoms with Crippen LogP contribution in [0.2, 0.25) is 0 Å². The lowest BCUT2D eigenvalue weighted by Crippen LogP contribution is -2.28. The number of hydrogen-bond donors (Lipinski definition) is 1. The average molecular weight is 397 g/mol. The Bertz CT molecular complexity index is 1510. The maximum Gasteiger partial charge on any atom is 0.275 e. The van der Waals surface area contributed by atoms with Crippen molar-refractivity contribution in [3.05, 3.63) is 99.0 Å². The van der Waals surface area contributed by atoms with Crippen LogP contribution in [-0.2, 0) is 0 Å². The van der Waals surface area contributed by atoms with E-state index in [0.717, 1.165) is 22.1 Å². The highest BCUT2D eigenvalue weighted by Gasteiger charge is 2.18. The molecule has 0 amide bonds. The Labute approximate surface area is 171 Å². The van der Waals surface area contributed by atoms with Gasteiger partial charge in [-0.2, -0.15) is 5.10 Å². The van der Waals surface area contributed by atoms with Crippen LogP contribution >= 0.6 is 0 Å². The van der Waals surface area contributed by atoms with Gasteiger partial charge in [0.05, 0.1) is 23.3 Å². The van der Waals surface area contributed by atoms with Gasteiger partial charge >= 0.3 is 0 Å². The molecule has 0 fully saturated rings. The molecular weight excluding hydrogens is 378 g/mol. The number of fused-ring (bicyclic) bond motifs is 2. The highest BCUT2D eigenvalue weighted by molar-refractivity contribution is 5.80. The molecule has 0 aliphatic carbocycles. The van der Waals surface area contributed by atoms with Gasteiger partial charge in [0.15, 0.2) is 5.65 Å². The fraction of sp³-hybridized carbons (Fsp3) is 0.130. The summed E-state index contributed by atoms with van der Waals surface area (Å²) in [7, 11) is 0. The van der Waals surface area contributed by atoms with Gasteiger partial charge in [-0.1, -0.05) is 48.0 Å². The zero-order valence-corrected chi connectivity index (χ0v) is 16.5. The molecule has 1 atom stereocenters. The number of benzene rings is 2. The summed E-state index contributed by atoms with van der Waals surface area (Å²) in [6.07, 6.45) is 3.43. The van der Waals surface area contributed by atoms with Gasteiger partial charge in [-0.3, -0.25) is 14.7 Å². The third-order valence-corrected chi connectivity index (χ3v) is 5.40. The van der Waals surface area contributed by atoms with E-state index in [2.05, 4.69) is 10.2 Å². The first kappa shape index (κ1) is 18.1. The predicted octanol–water partition coefficient (Wildman–Crippen LogP) is 3.32. The standard InChI is InChI=1S/C23H19N5O2/c1-14-7-9-16(10-8-14)19-13-25-28-21(29)11-20(26-22(19)28)15(2)27-23(30)18-6-4-3-5-17(18)12-24-27/h3-13,15,25H,1-2H3/t15-/m0/s1. The van der Waals surface area contributed by atoms with Crippen molar-refractivity contribution < 1.29 is 0 Å². The number of aryl methyl sites for hydroxylation is 1. The van der Waals surface area contributed by atoms with E-state index in [9.17, 15) is 9.59 Å². The highest BCUT2D eigenvalue weighted by atomic mass is 16.1. The summed E-state index contributed by atoms with van der Waals surface area (Å²) in [4.78, 5) is 30.4. The second-order valence-corrected chi connectivity index (χ2v) is 7.39. The molecule has 2 aromatic carbocycles. The number of nitrogens with one attached hydrogen (secondary N) is 1. The molecule has 7 heteroatoms. The first-order valence-electron chi connectivity index (χ1n) is 9.67. The van der Waals surface area contributed by atoms with Gasteiger partial charge in [-0.25, -0.2) is 14.2 Å². The summed E-state index contributed by atoms with van der Waals surface area (Å²) in [5.41, 5.74) is 3.47. The molecule has 0 radical (unpaired) electrons. The van der Waals surface area contributed by atoms with Crippen LogP contribution in [0.4, 0.5) is 0 Å². The maximum atomic E-state index is 12.9. The molecule has 0 bridgehead atoms. The van der Waals surface area contributed by atoms with Crippen LogP contribution < -0.4 is 11.1 Å². The number of hydrogen-bond acceptors (Lipinski definition) is 4. The van der Waals surface area contributed by atoms with E-state index in [-0.39, 0.29) is 11.1 Å². The fourth-order valence-electron chi connectivity index (χ4n) is 3.66. The summed E-state index contributed by atoms with van der Waals surface area (Å²) < 4.78 is 2.78. The molecule has 0 spiro atoms. The highest BCUT2D eigenvalue weighted by Crippen LogP contribution is 2.24. The van der Waals surface area contributed by atoms with Crippen molar-refractivity contribution in [3.63, 3.8) is 0 Å². The zero-order chi connectivity index (χ0) is 20.8. The number of aromatic nitrogens is 5. The number of rotatable bonds is 3. The van der Waals surface area contributed by atoms with Crippen LogP contribution in [0.5, 0.6) is 0 Å². The van der Waals surface area contributed by atoms with Crippen LogP contribution in [0, 0.1) is 6.92 Å². The second-order valence-electron chi connectivity index (χ2n) is 7.39. The van der Waals surface area contributed by atoms with Crippen molar-refractivity contribution in [2.75, 3.05) is 0 Å². The van der Waals surface area contributed by atoms with Gasteiger partial charge in [-0.15, -0.1) is 0 Å². The largest absolute Gasteiger partial charge is 0.296 e. The van der Waals surface area contributed by atoms with Gasteiger partial charge in [0, 0.05) is 23.2 Å². The van der Waals surface area contributed by atoms with E-state index in [1.807, 2.05) is 56.3 Å². The second kappa shape index (κ2) is 6.81. The molecule has 3 heterocycles. The van der Waals surface area contributed by atoms with Gasteiger partial charge in [0.1, 0.15) is 0 Å². The smallest absolute Gasteiger partial charge is 0.275 e. The predicted molar refractivity (Wildman–Crippen MR) is 116 cm³/mol. The molecule has 0 saturated carbocycles. The number of aromatic amines is 1. The van der Waals surface area contributed by atoms with Crippen LogP contribution in [0.3, 0.4) is 0 Å². The van der Waals surface area contributed by atoms with E-state index in [0.29, 0.717) is 16.7 Å². The summed E-state index contributed by atoms with van der Waals surface area (Å²) in [6, 6.07) is 16.3. The minimum Gasteiger partial charge on any atom is -0.296 e. The molecule has 148 valence electrons. The average Bonchev–Trinajstić information content (AvgIpc) is 3.19. The summed E-state index contributed by atoms with van der Waals surface area (Å²) in [6.45, 7) is 3.84. The Kier molecular flexibility index (Phi) is 4.10. The molecular formula is C23H19N5O2. The molecule has 1 N–H and O–H groups in total. The van der Waals surface area contributed by atoms with Gasteiger partial charge in [-0.05, 0) is 25.5 Å². The molecule has 0 aliphatic rings. The van der Waals surface area contributed by atoms with Crippen molar-refractivity contribution in [2.24, 2.45) is 0 Å². The van der Waals surface area contributed by atoms with E-state index in [4.69, 9.17) is 4.98 Å². The van der Waals surface area contributed by atoms with E-state index < -0.39 is 6.04 Å². The first-order chi connectivity index (χ1) is 14.5. The van der Waals surface area contributed by atoms with Crippen molar-refractivity contribution in [3.8, 4) is 11.1 Å². The lowest BCUT2D eigenvalue weighted by atomic mass is 10.1. The summed E-state index contributed by atoms with van der Waals surface area (Å²) in [5.74, 6) is 0. The Morgan fingerprint density at radius 1 is 1.03 bits per heavy atom. The number of H-pyrrole nitrogens is 1. The van der Waals surface area contributed by atoms with Crippen LogP contribution in [-0.4, -0.2) is 24.4 Å². The Morgan fingerprint density at radius 2 is 1.80 bits per heavy atom. The number of nitrogens with zero attached hydrogens (tertiary/aromatic N) is 4. The Hall–Kier alpha value is -4.00. The zero-order valence-electron chi connectivity index (χ0n) is 16.5. The molecule has 30 heavy (non-hydrogen) atoms. The van der Waals surface area contributed by atoms with E-state index in [1.165, 1.54) is 15.3 Å². The van der Waals surface area contributed by atoms with Crippen molar-refractivity contribution >= 4 is 16.4 Å². The molecule has 3 aromatic heterocycles. The summed E-state index contributed by atoms with van der Waals surface area (Å²) in [5, 5.41) is 8.65. The Morgan fingerprint density at radius 3 is 2.60 bits per heavy atom. The third kappa shape index (κ3) is 2.83. The maximum absolute atomic E-state index is 12.9. The lowest BCUT2D eigenvalue weighted by molar-refractivity contribution is 0.524. The molecule has 0 unspecified atom stereocenters. The van der Waals surface area contributed by atoms with E-state index >= 15 is 0 Å². The summed E-state index contributed by atoms with van der Waals surface area (Å²) >= 11 is 0. The van der Waals surface area contributed by atoms with Gasteiger partial charge in [0.2, 0.25) is 0 Å². The Balaban J connectivity index is 1.67. The van der Waals surface area contributed by atoms with Crippen molar-refractivity contribution in [2.45, 2.75) is 19.9 Å². The quantitative estimate of drug-likeness (QED) is 0.506. The van der Waals surface area contributed by atoms with Crippen LogP contribution in [0.25, 0.3) is 27.5 Å². The fourth-order valence-corrected chi connectivity index (χ4v) is 3.66. The molecule has 5 aromatic rings. The molecule has 0 saturated heterocycles. The minimum atomic E-state index is -0.499. The van der Waals surface area contributed by atoms with Crippen LogP contribution in [0.15, 0.2) is 76.6 Å². The molecule has 7 nitrogen and oxygen atoms in total. The lowest BCUT2D eigenvalue weighted by Gasteiger charge is -2.14. The molecule has 0 aliphatic heterocycles. The SMILES string of the molecule is Cc1ccc(-c2c[nH]n3c(=O)cc([C@H](C)n4ncc5ccccc5c4=O)nc23)cc1. The topological polar surface area (TPSA) is 85.0 Å². The van der Waals surface area contributed by atoms with E-state index in [1.54, 1.807) is 18.5 Å². The third-order valence-electron chi connectivity index (χ3n) is 5.40. The van der Waals surface area contributed by atoms with Crippen molar-refractivity contribution in [1.29, 1.82) is 0 Å². The van der Waals surface area contributed by atoms with Gasteiger partial charge < -0.3 is 0 Å².